The zero-order valence-corrected chi connectivity index (χ0v) is 15.6. The van der Waals surface area contributed by atoms with Gasteiger partial charge in [0.1, 0.15) is 5.70 Å². The molecule has 5 nitrogen and oxygen atoms in total. The number of carbonyl (C=O) groups is 2. The molecule has 0 aliphatic carbocycles. The second-order valence-electron chi connectivity index (χ2n) is 6.79. The maximum atomic E-state index is 12.6. The zero-order chi connectivity index (χ0) is 18.8. The first-order valence-corrected chi connectivity index (χ1v) is 9.42. The van der Waals surface area contributed by atoms with Crippen LogP contribution in [-0.2, 0) is 11.3 Å². The Morgan fingerprint density at radius 1 is 0.963 bits per heavy atom. The highest BCUT2D eigenvalue weighted by Gasteiger charge is 2.33. The molecule has 0 atom stereocenters. The number of anilines is 1. The molecule has 0 saturated carbocycles. The Kier molecular flexibility index (Phi) is 4.86. The molecule has 0 aromatic heterocycles. The number of nitrogens with one attached hydrogen (secondary N) is 1. The van der Waals surface area contributed by atoms with Gasteiger partial charge < -0.3 is 10.2 Å². The molecule has 0 unspecified atom stereocenters. The average molecular weight is 382 g/mol. The van der Waals surface area contributed by atoms with E-state index in [-0.39, 0.29) is 12.5 Å². The molecule has 0 spiro atoms. The summed E-state index contributed by atoms with van der Waals surface area (Å²) < 4.78 is 0. The van der Waals surface area contributed by atoms with Gasteiger partial charge in [-0.25, -0.2) is 4.79 Å². The van der Waals surface area contributed by atoms with Crippen molar-refractivity contribution >= 4 is 35.3 Å². The molecular weight excluding hydrogens is 362 g/mol. The van der Waals surface area contributed by atoms with Crippen LogP contribution in [0.2, 0.25) is 5.02 Å². The molecule has 6 heteroatoms. The molecule has 2 heterocycles. The van der Waals surface area contributed by atoms with Gasteiger partial charge in [0.05, 0.1) is 6.54 Å². The van der Waals surface area contributed by atoms with E-state index in [4.69, 9.17) is 11.6 Å². The molecule has 2 aliphatic rings. The number of amides is 3. The van der Waals surface area contributed by atoms with Crippen LogP contribution in [0.15, 0.2) is 54.2 Å². The molecular formula is C21H20ClN3O2. The molecule has 2 aromatic rings. The molecule has 2 aromatic carbocycles. The molecule has 2 saturated heterocycles. The minimum absolute atomic E-state index is 0.215. The van der Waals surface area contributed by atoms with E-state index in [1.807, 2.05) is 24.3 Å². The first-order chi connectivity index (χ1) is 13.1. The van der Waals surface area contributed by atoms with Crippen LogP contribution in [0, 0.1) is 0 Å². The van der Waals surface area contributed by atoms with E-state index in [9.17, 15) is 9.59 Å². The number of urea groups is 1. The molecule has 0 bridgehead atoms. The van der Waals surface area contributed by atoms with Gasteiger partial charge in [-0.1, -0.05) is 35.9 Å². The summed E-state index contributed by atoms with van der Waals surface area (Å²) in [4.78, 5) is 28.4. The van der Waals surface area contributed by atoms with E-state index in [1.165, 1.54) is 23.4 Å². The third kappa shape index (κ3) is 3.83. The lowest BCUT2D eigenvalue weighted by atomic mass is 10.1. The third-order valence-electron chi connectivity index (χ3n) is 4.89. The number of hydrogen-bond donors (Lipinski definition) is 1. The molecule has 2 fully saturated rings. The van der Waals surface area contributed by atoms with Crippen molar-refractivity contribution in [2.24, 2.45) is 0 Å². The molecule has 4 rings (SSSR count). The van der Waals surface area contributed by atoms with Crippen molar-refractivity contribution < 1.29 is 9.59 Å². The van der Waals surface area contributed by atoms with Crippen molar-refractivity contribution in [2.45, 2.75) is 19.4 Å². The predicted molar refractivity (Wildman–Crippen MR) is 106 cm³/mol. The summed E-state index contributed by atoms with van der Waals surface area (Å²) in [5.41, 5.74) is 3.22. The number of rotatable bonds is 4. The van der Waals surface area contributed by atoms with E-state index >= 15 is 0 Å². The largest absolute Gasteiger partial charge is 0.372 e. The fraction of sp³-hybridized carbons (Fsp3) is 0.238. The van der Waals surface area contributed by atoms with E-state index in [1.54, 1.807) is 18.2 Å². The van der Waals surface area contributed by atoms with E-state index in [0.717, 1.165) is 24.2 Å². The van der Waals surface area contributed by atoms with Crippen molar-refractivity contribution in [2.75, 3.05) is 18.0 Å². The van der Waals surface area contributed by atoms with Crippen LogP contribution in [0.5, 0.6) is 0 Å². The molecule has 2 aliphatic heterocycles. The van der Waals surface area contributed by atoms with Gasteiger partial charge in [-0.15, -0.1) is 0 Å². The van der Waals surface area contributed by atoms with Crippen LogP contribution in [0.25, 0.3) is 6.08 Å². The summed E-state index contributed by atoms with van der Waals surface area (Å²) in [7, 11) is 0. The van der Waals surface area contributed by atoms with Crippen LogP contribution < -0.4 is 10.2 Å². The second kappa shape index (κ2) is 7.45. The monoisotopic (exact) mass is 381 g/mol. The summed E-state index contributed by atoms with van der Waals surface area (Å²) in [6.07, 6.45) is 4.18. The Balaban J connectivity index is 1.48. The summed E-state index contributed by atoms with van der Waals surface area (Å²) in [6, 6.07) is 14.8. The van der Waals surface area contributed by atoms with Gasteiger partial charge in [0.2, 0.25) is 0 Å². The smallest absolute Gasteiger partial charge is 0.329 e. The van der Waals surface area contributed by atoms with Gasteiger partial charge in [-0.3, -0.25) is 9.69 Å². The highest BCUT2D eigenvalue weighted by atomic mass is 35.5. The number of hydrogen-bond acceptors (Lipinski definition) is 3. The quantitative estimate of drug-likeness (QED) is 0.642. The molecule has 27 heavy (non-hydrogen) atoms. The van der Waals surface area contributed by atoms with E-state index < -0.39 is 6.03 Å². The fourth-order valence-corrected chi connectivity index (χ4v) is 3.54. The van der Waals surface area contributed by atoms with Crippen LogP contribution in [0.3, 0.4) is 0 Å². The Morgan fingerprint density at radius 3 is 2.30 bits per heavy atom. The van der Waals surface area contributed by atoms with Crippen molar-refractivity contribution in [1.29, 1.82) is 0 Å². The number of nitrogens with zero attached hydrogens (tertiary/aromatic N) is 2. The van der Waals surface area contributed by atoms with Crippen molar-refractivity contribution in [1.82, 2.24) is 10.2 Å². The first kappa shape index (κ1) is 17.6. The third-order valence-corrected chi connectivity index (χ3v) is 5.14. The number of carbonyl (C=O) groups excluding carboxylic acids is 2. The van der Waals surface area contributed by atoms with E-state index in [2.05, 4.69) is 22.3 Å². The maximum Gasteiger partial charge on any atom is 0.329 e. The number of halogens is 1. The minimum Gasteiger partial charge on any atom is -0.372 e. The number of imide groups is 1. The lowest BCUT2D eigenvalue weighted by Gasteiger charge is -2.17. The van der Waals surface area contributed by atoms with Gasteiger partial charge >= 0.3 is 6.03 Å². The van der Waals surface area contributed by atoms with Crippen molar-refractivity contribution in [3.63, 3.8) is 0 Å². The number of benzene rings is 2. The second-order valence-corrected chi connectivity index (χ2v) is 7.23. The Hall–Kier alpha value is -2.79. The molecule has 3 amide bonds. The fourth-order valence-electron chi connectivity index (χ4n) is 3.41. The maximum absolute atomic E-state index is 12.6. The van der Waals surface area contributed by atoms with Crippen LogP contribution in [0.1, 0.15) is 24.0 Å². The van der Waals surface area contributed by atoms with Crippen molar-refractivity contribution in [3.8, 4) is 0 Å². The topological polar surface area (TPSA) is 52.7 Å². The first-order valence-electron chi connectivity index (χ1n) is 9.04. The van der Waals surface area contributed by atoms with E-state index in [0.29, 0.717) is 10.7 Å². The summed E-state index contributed by atoms with van der Waals surface area (Å²) >= 11 is 5.88. The van der Waals surface area contributed by atoms with Gasteiger partial charge in [0.15, 0.2) is 0 Å². The van der Waals surface area contributed by atoms with Crippen LogP contribution >= 0.6 is 11.6 Å². The highest BCUT2D eigenvalue weighted by molar-refractivity contribution is 6.30. The summed E-state index contributed by atoms with van der Waals surface area (Å²) in [5.74, 6) is -0.321. The summed E-state index contributed by atoms with van der Waals surface area (Å²) in [5, 5.41) is 3.29. The zero-order valence-electron chi connectivity index (χ0n) is 14.8. The minimum atomic E-state index is -0.408. The highest BCUT2D eigenvalue weighted by Crippen LogP contribution is 2.22. The van der Waals surface area contributed by atoms with Gasteiger partial charge in [-0.2, -0.15) is 0 Å². The van der Waals surface area contributed by atoms with Gasteiger partial charge in [0, 0.05) is 23.8 Å². The van der Waals surface area contributed by atoms with Gasteiger partial charge in [0.25, 0.3) is 5.91 Å². The molecule has 0 radical (unpaired) electrons. The standard InChI is InChI=1S/C21H20ClN3O2/c22-17-7-3-16(4-8-17)14-25-20(26)19(23-21(25)27)13-15-5-9-18(10-6-15)24-11-1-2-12-24/h3-10,13H,1-2,11-12,14H2,(H,23,27)/b19-13+. The van der Waals surface area contributed by atoms with Gasteiger partial charge in [-0.05, 0) is 54.3 Å². The predicted octanol–water partition coefficient (Wildman–Crippen LogP) is 4.03. The summed E-state index contributed by atoms with van der Waals surface area (Å²) in [6.45, 7) is 2.40. The lowest BCUT2D eigenvalue weighted by Crippen LogP contribution is -2.30. The molecule has 1 N–H and O–H groups in total. The Labute approximate surface area is 163 Å². The van der Waals surface area contributed by atoms with Crippen molar-refractivity contribution in [3.05, 3.63) is 70.4 Å². The lowest BCUT2D eigenvalue weighted by molar-refractivity contribution is -0.123. The Morgan fingerprint density at radius 2 is 1.63 bits per heavy atom. The normalized spacial score (nSPS) is 18.5. The van der Waals surface area contributed by atoms with Crippen LogP contribution in [0.4, 0.5) is 10.5 Å². The SMILES string of the molecule is O=C1N/C(=C/c2ccc(N3CCCC3)cc2)C(=O)N1Cc1ccc(Cl)cc1. The van der Waals surface area contributed by atoms with Crippen LogP contribution in [-0.4, -0.2) is 29.9 Å². The Bertz CT molecular complexity index is 885. The molecule has 138 valence electrons. The average Bonchev–Trinajstić information content (AvgIpc) is 3.29.